The van der Waals surface area contributed by atoms with Gasteiger partial charge in [-0.2, -0.15) is 0 Å². The number of hydrogen-bond acceptors (Lipinski definition) is 1. The van der Waals surface area contributed by atoms with E-state index in [0.29, 0.717) is 0 Å². The Morgan fingerprint density at radius 1 is 0.889 bits per heavy atom. The third-order valence-corrected chi connectivity index (χ3v) is 9.32. The topological polar surface area (TPSA) is 9.23 Å². The molecule has 5 aliphatic rings. The molecule has 27 heavy (non-hydrogen) atoms. The van der Waals surface area contributed by atoms with Crippen LogP contribution in [0.3, 0.4) is 0 Å². The van der Waals surface area contributed by atoms with E-state index in [9.17, 15) is 0 Å². The van der Waals surface area contributed by atoms with E-state index in [-0.39, 0.29) is 5.60 Å². The van der Waals surface area contributed by atoms with E-state index in [4.69, 9.17) is 4.74 Å². The fourth-order valence-corrected chi connectivity index (χ4v) is 8.16. The minimum atomic E-state index is 0.106. The lowest BCUT2D eigenvalue weighted by atomic mass is 9.68. The zero-order valence-electron chi connectivity index (χ0n) is 16.8. The Balaban J connectivity index is 1.19. The smallest absolute Gasteiger partial charge is 0.120 e. The van der Waals surface area contributed by atoms with Gasteiger partial charge in [0, 0.05) is 0 Å². The van der Waals surface area contributed by atoms with Crippen molar-refractivity contribution in [2.75, 3.05) is 0 Å². The quantitative estimate of drug-likeness (QED) is 0.426. The fraction of sp³-hybridized carbons (Fsp3) is 0.692. The first-order valence-corrected chi connectivity index (χ1v) is 11.7. The standard InChI is InChI=1S/C26H34O/c1-2-26(12-4-3-5-13-26)27-21-10-8-17(9-11-21)22-15-20-16-23(22)25-19-7-6-18(14-19)24(20)25/h6-11,18-20,22-25H,2-5,12-16H2,1H3. The molecule has 144 valence electrons. The van der Waals surface area contributed by atoms with Crippen molar-refractivity contribution in [2.45, 2.75) is 76.2 Å². The van der Waals surface area contributed by atoms with Gasteiger partial charge in [0.2, 0.25) is 0 Å². The first kappa shape index (κ1) is 16.7. The van der Waals surface area contributed by atoms with Crippen LogP contribution in [0.15, 0.2) is 36.4 Å². The van der Waals surface area contributed by atoms with Gasteiger partial charge in [-0.25, -0.2) is 0 Å². The number of benzene rings is 1. The Labute approximate surface area is 164 Å². The van der Waals surface area contributed by atoms with Gasteiger partial charge in [-0.15, -0.1) is 0 Å². The molecule has 4 saturated carbocycles. The van der Waals surface area contributed by atoms with E-state index in [1.807, 2.05) is 0 Å². The van der Waals surface area contributed by atoms with Gasteiger partial charge in [-0.3, -0.25) is 0 Å². The van der Waals surface area contributed by atoms with Crippen LogP contribution in [0.5, 0.6) is 5.75 Å². The molecule has 7 unspecified atom stereocenters. The minimum Gasteiger partial charge on any atom is -0.487 e. The maximum absolute atomic E-state index is 6.57. The summed E-state index contributed by atoms with van der Waals surface area (Å²) in [6, 6.07) is 9.38. The zero-order valence-corrected chi connectivity index (χ0v) is 16.8. The monoisotopic (exact) mass is 362 g/mol. The van der Waals surface area contributed by atoms with Crippen molar-refractivity contribution in [1.82, 2.24) is 0 Å². The lowest BCUT2D eigenvalue weighted by Gasteiger charge is -2.38. The molecule has 0 heterocycles. The lowest BCUT2D eigenvalue weighted by Crippen LogP contribution is -2.37. The van der Waals surface area contributed by atoms with Crippen LogP contribution in [0, 0.1) is 35.5 Å². The van der Waals surface area contributed by atoms with Crippen LogP contribution in [0.4, 0.5) is 0 Å². The number of hydrogen-bond donors (Lipinski definition) is 0. The van der Waals surface area contributed by atoms with Crippen LogP contribution in [0.2, 0.25) is 0 Å². The molecule has 1 aromatic rings. The summed E-state index contributed by atoms with van der Waals surface area (Å²) < 4.78 is 6.57. The van der Waals surface area contributed by atoms with E-state index in [1.165, 1.54) is 51.4 Å². The van der Waals surface area contributed by atoms with Crippen molar-refractivity contribution in [2.24, 2.45) is 35.5 Å². The van der Waals surface area contributed by atoms with E-state index in [2.05, 4.69) is 43.3 Å². The predicted molar refractivity (Wildman–Crippen MR) is 110 cm³/mol. The van der Waals surface area contributed by atoms with E-state index < -0.39 is 0 Å². The molecular formula is C26H34O. The van der Waals surface area contributed by atoms with Crippen molar-refractivity contribution in [3.05, 3.63) is 42.0 Å². The van der Waals surface area contributed by atoms with Crippen LogP contribution in [0.25, 0.3) is 0 Å². The summed E-state index contributed by atoms with van der Waals surface area (Å²) in [6.07, 6.45) is 17.2. The van der Waals surface area contributed by atoms with Gasteiger partial charge >= 0.3 is 0 Å². The van der Waals surface area contributed by atoms with Gasteiger partial charge in [-0.1, -0.05) is 37.6 Å². The van der Waals surface area contributed by atoms with Crippen LogP contribution in [-0.2, 0) is 0 Å². The number of allylic oxidation sites excluding steroid dienone is 2. The van der Waals surface area contributed by atoms with Gasteiger partial charge in [-0.05, 0) is 110 Å². The number of rotatable bonds is 4. The first-order chi connectivity index (χ1) is 13.3. The third kappa shape index (κ3) is 2.49. The molecule has 0 aliphatic heterocycles. The van der Waals surface area contributed by atoms with Gasteiger partial charge < -0.3 is 4.74 Å². The van der Waals surface area contributed by atoms with E-state index in [1.54, 1.807) is 5.56 Å². The highest BCUT2D eigenvalue weighted by molar-refractivity contribution is 5.33. The Morgan fingerprint density at radius 3 is 2.37 bits per heavy atom. The Bertz CT molecular complexity index is 725. The highest BCUT2D eigenvalue weighted by Gasteiger charge is 2.60. The van der Waals surface area contributed by atoms with E-state index >= 15 is 0 Å². The largest absolute Gasteiger partial charge is 0.487 e. The summed E-state index contributed by atoms with van der Waals surface area (Å²) in [7, 11) is 0. The Morgan fingerprint density at radius 2 is 1.63 bits per heavy atom. The second-order valence-corrected chi connectivity index (χ2v) is 10.4. The highest BCUT2D eigenvalue weighted by Crippen LogP contribution is 2.68. The van der Waals surface area contributed by atoms with Gasteiger partial charge in [0.15, 0.2) is 0 Å². The molecular weight excluding hydrogens is 328 g/mol. The SMILES string of the molecule is CCC1(Oc2ccc(C3CC4CC3C3C5C=CC(C5)C43)cc2)CCCCC1. The fourth-order valence-electron chi connectivity index (χ4n) is 8.16. The van der Waals surface area contributed by atoms with Crippen LogP contribution < -0.4 is 4.74 Å². The summed E-state index contributed by atoms with van der Waals surface area (Å²) in [6.45, 7) is 2.30. The number of ether oxygens (including phenoxy) is 1. The van der Waals surface area contributed by atoms with Crippen LogP contribution >= 0.6 is 0 Å². The summed E-state index contributed by atoms with van der Waals surface area (Å²) in [5, 5.41) is 0. The van der Waals surface area contributed by atoms with Crippen molar-refractivity contribution >= 4 is 0 Å². The average molecular weight is 363 g/mol. The molecule has 1 aromatic carbocycles. The summed E-state index contributed by atoms with van der Waals surface area (Å²) in [5.74, 6) is 7.77. The predicted octanol–water partition coefficient (Wildman–Crippen LogP) is 6.74. The molecule has 0 N–H and O–H groups in total. The summed E-state index contributed by atoms with van der Waals surface area (Å²) in [5.41, 5.74) is 1.70. The molecule has 4 bridgehead atoms. The number of fused-ring (bicyclic) bond motifs is 9. The van der Waals surface area contributed by atoms with Gasteiger partial charge in [0.25, 0.3) is 0 Å². The first-order valence-electron chi connectivity index (χ1n) is 11.7. The zero-order chi connectivity index (χ0) is 18.0. The normalized spacial score (nSPS) is 43.2. The molecule has 4 fully saturated rings. The summed E-state index contributed by atoms with van der Waals surface area (Å²) >= 11 is 0. The molecule has 0 radical (unpaired) electrons. The van der Waals surface area contributed by atoms with E-state index in [0.717, 1.165) is 53.6 Å². The third-order valence-electron chi connectivity index (χ3n) is 9.32. The Hall–Kier alpha value is -1.24. The molecule has 0 saturated heterocycles. The molecule has 7 atom stereocenters. The van der Waals surface area contributed by atoms with Crippen molar-refractivity contribution in [3.63, 3.8) is 0 Å². The maximum Gasteiger partial charge on any atom is 0.120 e. The molecule has 0 aromatic heterocycles. The second-order valence-electron chi connectivity index (χ2n) is 10.4. The van der Waals surface area contributed by atoms with Crippen molar-refractivity contribution < 1.29 is 4.74 Å². The molecule has 6 rings (SSSR count). The molecule has 0 amide bonds. The lowest BCUT2D eigenvalue weighted by molar-refractivity contribution is 0.0265. The average Bonchev–Trinajstić information content (AvgIpc) is 3.48. The minimum absolute atomic E-state index is 0.106. The van der Waals surface area contributed by atoms with Gasteiger partial charge in [0.1, 0.15) is 11.4 Å². The Kier molecular flexibility index (Phi) is 3.79. The van der Waals surface area contributed by atoms with Gasteiger partial charge in [0.05, 0.1) is 0 Å². The molecule has 1 nitrogen and oxygen atoms in total. The van der Waals surface area contributed by atoms with Crippen molar-refractivity contribution in [1.29, 1.82) is 0 Å². The highest BCUT2D eigenvalue weighted by atomic mass is 16.5. The summed E-state index contributed by atoms with van der Waals surface area (Å²) in [4.78, 5) is 0. The molecule has 0 spiro atoms. The maximum atomic E-state index is 6.57. The molecule has 1 heteroatoms. The van der Waals surface area contributed by atoms with Crippen LogP contribution in [-0.4, -0.2) is 5.60 Å². The van der Waals surface area contributed by atoms with Crippen molar-refractivity contribution in [3.8, 4) is 5.75 Å². The second kappa shape index (κ2) is 6.13. The molecule has 5 aliphatic carbocycles. The van der Waals surface area contributed by atoms with Crippen LogP contribution in [0.1, 0.15) is 76.2 Å².